The summed E-state index contributed by atoms with van der Waals surface area (Å²) in [7, 11) is 4.48. The average Bonchev–Trinajstić information content (AvgIpc) is 2.44. The number of methoxy groups -OCH3 is 3. The number of ether oxygens (including phenoxy) is 3. The van der Waals surface area contributed by atoms with Crippen LogP contribution in [0.15, 0.2) is 12.1 Å². The number of anilines is 2. The number of nitrogens with two attached hydrogens (primary N) is 1. The van der Waals surface area contributed by atoms with Gasteiger partial charge in [-0.2, -0.15) is 0 Å². The molecule has 0 amide bonds. The van der Waals surface area contributed by atoms with E-state index in [0.717, 1.165) is 0 Å². The molecule has 1 rings (SSSR count). The topological polar surface area (TPSA) is 95.7 Å². The van der Waals surface area contributed by atoms with Crippen LogP contribution in [0.4, 0.5) is 11.5 Å². The number of hydrogen-bond acceptors (Lipinski definition) is 7. The van der Waals surface area contributed by atoms with Gasteiger partial charge in [-0.3, -0.25) is 0 Å². The number of nitrogen functional groups attached to an aromatic ring is 1. The number of pyridine rings is 1. The Morgan fingerprint density at radius 2 is 2.16 bits per heavy atom. The lowest BCUT2D eigenvalue weighted by Crippen LogP contribution is -2.27. The van der Waals surface area contributed by atoms with Crippen molar-refractivity contribution in [2.45, 2.75) is 6.10 Å². The molecule has 0 saturated heterocycles. The van der Waals surface area contributed by atoms with Crippen LogP contribution in [-0.4, -0.2) is 51.5 Å². The largest absolute Gasteiger partial charge is 0.464 e. The normalized spacial score (nSPS) is 11.9. The van der Waals surface area contributed by atoms with Gasteiger partial charge in [0.1, 0.15) is 5.82 Å². The van der Waals surface area contributed by atoms with Gasteiger partial charge in [-0.15, -0.1) is 0 Å². The Kier molecular flexibility index (Phi) is 6.04. The second kappa shape index (κ2) is 7.55. The molecule has 0 saturated carbocycles. The fourth-order valence-electron chi connectivity index (χ4n) is 1.44. The first-order valence-electron chi connectivity index (χ1n) is 5.72. The van der Waals surface area contributed by atoms with Crippen LogP contribution in [0.25, 0.3) is 0 Å². The number of nitrogens with one attached hydrogen (secondary N) is 1. The zero-order valence-corrected chi connectivity index (χ0v) is 11.3. The quantitative estimate of drug-likeness (QED) is 0.697. The van der Waals surface area contributed by atoms with Crippen LogP contribution >= 0.6 is 0 Å². The van der Waals surface area contributed by atoms with Gasteiger partial charge in [0.2, 0.25) is 0 Å². The molecule has 1 unspecified atom stereocenters. The van der Waals surface area contributed by atoms with Crippen LogP contribution in [0.3, 0.4) is 0 Å². The van der Waals surface area contributed by atoms with E-state index in [9.17, 15) is 4.79 Å². The predicted octanol–water partition coefficient (Wildman–Crippen LogP) is 0.524. The molecule has 0 aliphatic heterocycles. The zero-order chi connectivity index (χ0) is 14.3. The molecule has 1 atom stereocenters. The number of esters is 1. The molecule has 19 heavy (non-hydrogen) atoms. The molecule has 7 heteroatoms. The fraction of sp³-hybridized carbons (Fsp3) is 0.500. The van der Waals surface area contributed by atoms with E-state index in [-0.39, 0.29) is 11.8 Å². The molecule has 0 fully saturated rings. The molecular formula is C12H19N3O4. The summed E-state index contributed by atoms with van der Waals surface area (Å²) in [6.45, 7) is 0.909. The Bertz CT molecular complexity index is 425. The third kappa shape index (κ3) is 4.38. The molecule has 1 heterocycles. The van der Waals surface area contributed by atoms with E-state index in [1.54, 1.807) is 20.3 Å². The number of nitrogens with zero attached hydrogens (tertiary/aromatic N) is 1. The first kappa shape index (κ1) is 15.2. The molecule has 106 valence electrons. The summed E-state index contributed by atoms with van der Waals surface area (Å²) in [5.41, 5.74) is 6.42. The molecule has 0 aliphatic carbocycles. The summed E-state index contributed by atoms with van der Waals surface area (Å²) in [5, 5.41) is 3.02. The van der Waals surface area contributed by atoms with E-state index in [1.165, 1.54) is 13.2 Å². The van der Waals surface area contributed by atoms with Gasteiger partial charge in [-0.05, 0) is 12.1 Å². The molecule has 0 radical (unpaired) electrons. The predicted molar refractivity (Wildman–Crippen MR) is 71.2 cm³/mol. The van der Waals surface area contributed by atoms with Crippen molar-refractivity contribution in [2.75, 3.05) is 45.5 Å². The van der Waals surface area contributed by atoms with Crippen LogP contribution in [0.1, 0.15) is 10.5 Å². The second-order valence-corrected chi connectivity index (χ2v) is 3.82. The lowest BCUT2D eigenvalue weighted by atomic mass is 10.3. The van der Waals surface area contributed by atoms with Crippen molar-refractivity contribution < 1.29 is 19.0 Å². The highest BCUT2D eigenvalue weighted by Gasteiger charge is 2.12. The van der Waals surface area contributed by atoms with Crippen LogP contribution < -0.4 is 11.1 Å². The summed E-state index contributed by atoms with van der Waals surface area (Å²) in [4.78, 5) is 15.5. The highest BCUT2D eigenvalue weighted by atomic mass is 16.5. The van der Waals surface area contributed by atoms with Crippen molar-refractivity contribution in [3.63, 3.8) is 0 Å². The first-order valence-corrected chi connectivity index (χ1v) is 5.72. The van der Waals surface area contributed by atoms with E-state index >= 15 is 0 Å². The van der Waals surface area contributed by atoms with Crippen LogP contribution in [0.5, 0.6) is 0 Å². The summed E-state index contributed by atoms with van der Waals surface area (Å²) < 4.78 is 14.8. The maximum atomic E-state index is 11.4. The van der Waals surface area contributed by atoms with Crippen molar-refractivity contribution in [2.24, 2.45) is 0 Å². The minimum Gasteiger partial charge on any atom is -0.464 e. The third-order valence-corrected chi connectivity index (χ3v) is 2.50. The third-order valence-electron chi connectivity index (χ3n) is 2.50. The van der Waals surface area contributed by atoms with Crippen molar-refractivity contribution in [3.05, 3.63) is 17.8 Å². The number of rotatable bonds is 7. The molecule has 0 aromatic carbocycles. The van der Waals surface area contributed by atoms with Gasteiger partial charge in [0.25, 0.3) is 0 Å². The Hall–Kier alpha value is -1.86. The summed E-state index contributed by atoms with van der Waals surface area (Å²) in [6, 6.07) is 3.11. The zero-order valence-electron chi connectivity index (χ0n) is 11.3. The van der Waals surface area contributed by atoms with Gasteiger partial charge in [0, 0.05) is 20.8 Å². The lowest BCUT2D eigenvalue weighted by Gasteiger charge is -2.16. The SMILES string of the molecule is COCC(CNc1nc(C(=O)OC)ccc1N)OC. The highest BCUT2D eigenvalue weighted by molar-refractivity contribution is 5.88. The molecule has 0 aliphatic rings. The first-order chi connectivity index (χ1) is 9.12. The van der Waals surface area contributed by atoms with Gasteiger partial charge < -0.3 is 25.3 Å². The monoisotopic (exact) mass is 269 g/mol. The number of hydrogen-bond donors (Lipinski definition) is 2. The average molecular weight is 269 g/mol. The standard InChI is InChI=1S/C12H19N3O4/c1-17-7-8(18-2)6-14-11-9(13)4-5-10(15-11)12(16)19-3/h4-5,8H,6-7,13H2,1-3H3,(H,14,15). The van der Waals surface area contributed by atoms with Gasteiger partial charge >= 0.3 is 5.97 Å². The van der Waals surface area contributed by atoms with E-state index in [1.807, 2.05) is 0 Å². The maximum absolute atomic E-state index is 11.4. The van der Waals surface area contributed by atoms with E-state index in [4.69, 9.17) is 15.2 Å². The van der Waals surface area contributed by atoms with Crippen LogP contribution in [0, 0.1) is 0 Å². The molecular weight excluding hydrogens is 250 g/mol. The van der Waals surface area contributed by atoms with E-state index in [2.05, 4.69) is 15.0 Å². The Morgan fingerprint density at radius 3 is 2.74 bits per heavy atom. The Morgan fingerprint density at radius 1 is 1.42 bits per heavy atom. The number of aromatic nitrogens is 1. The molecule has 0 spiro atoms. The van der Waals surface area contributed by atoms with Crippen LogP contribution in [0.2, 0.25) is 0 Å². The highest BCUT2D eigenvalue weighted by Crippen LogP contribution is 2.16. The minimum atomic E-state index is -0.511. The van der Waals surface area contributed by atoms with Crippen molar-refractivity contribution in [3.8, 4) is 0 Å². The minimum absolute atomic E-state index is 0.131. The molecule has 1 aromatic heterocycles. The smallest absolute Gasteiger partial charge is 0.356 e. The van der Waals surface area contributed by atoms with Crippen molar-refractivity contribution in [1.29, 1.82) is 0 Å². The van der Waals surface area contributed by atoms with E-state index in [0.29, 0.717) is 24.7 Å². The number of carbonyl (C=O) groups is 1. The number of carbonyl (C=O) groups excluding carboxylic acids is 1. The van der Waals surface area contributed by atoms with Crippen molar-refractivity contribution >= 4 is 17.5 Å². The van der Waals surface area contributed by atoms with Gasteiger partial charge in [-0.25, -0.2) is 9.78 Å². The molecule has 0 bridgehead atoms. The van der Waals surface area contributed by atoms with Gasteiger partial charge in [0.15, 0.2) is 5.69 Å². The Balaban J connectivity index is 2.74. The second-order valence-electron chi connectivity index (χ2n) is 3.82. The molecule has 7 nitrogen and oxygen atoms in total. The van der Waals surface area contributed by atoms with Crippen LogP contribution in [-0.2, 0) is 14.2 Å². The maximum Gasteiger partial charge on any atom is 0.356 e. The summed E-state index contributed by atoms with van der Waals surface area (Å²) in [6.07, 6.45) is -0.131. The fourth-order valence-corrected chi connectivity index (χ4v) is 1.44. The van der Waals surface area contributed by atoms with Crippen molar-refractivity contribution in [1.82, 2.24) is 4.98 Å². The lowest BCUT2D eigenvalue weighted by molar-refractivity contribution is 0.0365. The van der Waals surface area contributed by atoms with Gasteiger partial charge in [-0.1, -0.05) is 0 Å². The van der Waals surface area contributed by atoms with Gasteiger partial charge in [0.05, 0.1) is 25.5 Å². The summed E-state index contributed by atoms with van der Waals surface area (Å²) in [5.74, 6) is -0.0933. The molecule has 3 N–H and O–H groups in total. The van der Waals surface area contributed by atoms with E-state index < -0.39 is 5.97 Å². The summed E-state index contributed by atoms with van der Waals surface area (Å²) >= 11 is 0. The molecule has 1 aromatic rings. The Labute approximate surface area is 112 Å².